The van der Waals surface area contributed by atoms with Crippen LogP contribution in [-0.4, -0.2) is 17.1 Å². The quantitative estimate of drug-likeness (QED) is 0.429. The number of halogens is 1. The number of aromatic nitrogens is 1. The molecule has 1 aromatic rings. The minimum absolute atomic E-state index is 0. The molecular formula is C7H13ClN6O. The third-order valence-electron chi connectivity index (χ3n) is 1.70. The van der Waals surface area contributed by atoms with E-state index < -0.39 is 0 Å². The van der Waals surface area contributed by atoms with E-state index in [1.807, 2.05) is 6.92 Å². The number of anilines is 1. The topological polar surface area (TPSA) is 129 Å². The van der Waals surface area contributed by atoms with Gasteiger partial charge < -0.3 is 16.0 Å². The molecule has 15 heavy (non-hydrogen) atoms. The zero-order valence-electron chi connectivity index (χ0n) is 8.15. The van der Waals surface area contributed by atoms with Gasteiger partial charge in [-0.2, -0.15) is 0 Å². The van der Waals surface area contributed by atoms with Gasteiger partial charge in [-0.25, -0.2) is 4.90 Å². The summed E-state index contributed by atoms with van der Waals surface area (Å²) in [6, 6.07) is 0. The van der Waals surface area contributed by atoms with Crippen LogP contribution < -0.4 is 16.4 Å². The predicted octanol–water partition coefficient (Wildman–Crippen LogP) is 0.252. The maximum absolute atomic E-state index is 7.23. The van der Waals surface area contributed by atoms with Crippen LogP contribution in [0, 0.1) is 10.8 Å². The predicted molar refractivity (Wildman–Crippen MR) is 59.4 cm³/mol. The number of aryl methyl sites for hydroxylation is 1. The molecule has 6 N–H and O–H groups in total. The van der Waals surface area contributed by atoms with Gasteiger partial charge in [-0.1, -0.05) is 12.1 Å². The van der Waals surface area contributed by atoms with Gasteiger partial charge in [0.2, 0.25) is 11.9 Å². The van der Waals surface area contributed by atoms with E-state index in [0.717, 1.165) is 10.5 Å². The van der Waals surface area contributed by atoms with E-state index in [2.05, 4.69) is 5.16 Å². The Morgan fingerprint density at radius 1 is 1.47 bits per heavy atom. The molecular weight excluding hydrogens is 220 g/mol. The Morgan fingerprint density at radius 3 is 2.40 bits per heavy atom. The Hall–Kier alpha value is -1.76. The maximum Gasteiger partial charge on any atom is 0.201 e. The Morgan fingerprint density at radius 2 is 2.00 bits per heavy atom. The summed E-state index contributed by atoms with van der Waals surface area (Å²) in [6.07, 6.45) is 2.10. The molecule has 0 bridgehead atoms. The molecule has 0 saturated carbocycles. The number of nitrogens with one attached hydrogen (secondary N) is 2. The van der Waals surface area contributed by atoms with Crippen molar-refractivity contribution in [2.45, 2.75) is 13.3 Å². The van der Waals surface area contributed by atoms with Crippen molar-refractivity contribution >= 4 is 30.1 Å². The molecule has 0 radical (unpaired) electrons. The second-order valence-electron chi connectivity index (χ2n) is 2.62. The minimum atomic E-state index is -0.360. The van der Waals surface area contributed by atoms with Crippen molar-refractivity contribution in [3.8, 4) is 0 Å². The van der Waals surface area contributed by atoms with Crippen LogP contribution in [-0.2, 0) is 6.42 Å². The lowest BCUT2D eigenvalue weighted by Crippen LogP contribution is -2.45. The summed E-state index contributed by atoms with van der Waals surface area (Å²) in [5.74, 6) is -0.422. The lowest BCUT2D eigenvalue weighted by Gasteiger charge is -2.17. The van der Waals surface area contributed by atoms with Crippen molar-refractivity contribution in [3.63, 3.8) is 0 Å². The van der Waals surface area contributed by atoms with Gasteiger partial charge in [0.15, 0.2) is 5.82 Å². The fourth-order valence-electron chi connectivity index (χ4n) is 1.04. The number of rotatable bonds is 2. The lowest BCUT2D eigenvalue weighted by atomic mass is 10.2. The van der Waals surface area contributed by atoms with Gasteiger partial charge in [0.25, 0.3) is 0 Å². The largest absolute Gasteiger partial charge is 0.369 e. The SMILES string of the molecule is CCc1conc1N(C(=N)N)C(=N)N.Cl. The summed E-state index contributed by atoms with van der Waals surface area (Å²) in [6.45, 7) is 1.90. The van der Waals surface area contributed by atoms with Crippen LogP contribution in [0.1, 0.15) is 12.5 Å². The molecule has 0 atom stereocenters. The molecule has 84 valence electrons. The number of guanidine groups is 2. The first-order valence-corrected chi connectivity index (χ1v) is 3.99. The molecule has 0 unspecified atom stereocenters. The highest BCUT2D eigenvalue weighted by Crippen LogP contribution is 2.17. The van der Waals surface area contributed by atoms with Crippen LogP contribution in [0.2, 0.25) is 0 Å². The number of hydrogen-bond donors (Lipinski definition) is 4. The summed E-state index contributed by atoms with van der Waals surface area (Å²) in [5, 5.41) is 18.1. The highest BCUT2D eigenvalue weighted by molar-refractivity contribution is 6.13. The first-order chi connectivity index (χ1) is 6.57. The Labute approximate surface area is 92.8 Å². The van der Waals surface area contributed by atoms with Crippen LogP contribution in [0.3, 0.4) is 0 Å². The van der Waals surface area contributed by atoms with Gasteiger partial charge in [-0.15, -0.1) is 12.4 Å². The van der Waals surface area contributed by atoms with Crippen LogP contribution in [0.5, 0.6) is 0 Å². The standard InChI is InChI=1S/C7H12N6O.ClH/c1-2-4-3-14-12-5(4)13(6(8)9)7(10)11;/h3H,2H2,1H3,(H3,8,9)(H3,10,11);1H. The number of nitrogens with zero attached hydrogens (tertiary/aromatic N) is 2. The van der Waals surface area contributed by atoms with Crippen LogP contribution in [0.25, 0.3) is 0 Å². The summed E-state index contributed by atoms with van der Waals surface area (Å²) in [5.41, 5.74) is 11.3. The number of hydrogen-bond acceptors (Lipinski definition) is 4. The second-order valence-corrected chi connectivity index (χ2v) is 2.62. The fraction of sp³-hybridized carbons (Fsp3) is 0.286. The molecule has 1 heterocycles. The summed E-state index contributed by atoms with van der Waals surface area (Å²) in [7, 11) is 0. The summed E-state index contributed by atoms with van der Waals surface area (Å²) >= 11 is 0. The van der Waals surface area contributed by atoms with Crippen LogP contribution in [0.15, 0.2) is 10.8 Å². The molecule has 1 aromatic heterocycles. The first-order valence-electron chi connectivity index (χ1n) is 3.99. The molecule has 0 spiro atoms. The summed E-state index contributed by atoms with van der Waals surface area (Å²) < 4.78 is 4.72. The van der Waals surface area contributed by atoms with E-state index in [1.54, 1.807) is 0 Å². The normalized spacial score (nSPS) is 9.13. The van der Waals surface area contributed by atoms with E-state index in [-0.39, 0.29) is 24.3 Å². The maximum atomic E-state index is 7.23. The highest BCUT2D eigenvalue weighted by Gasteiger charge is 2.19. The van der Waals surface area contributed by atoms with E-state index in [1.165, 1.54) is 6.26 Å². The van der Waals surface area contributed by atoms with Gasteiger partial charge in [-0.05, 0) is 6.42 Å². The van der Waals surface area contributed by atoms with E-state index in [9.17, 15) is 0 Å². The molecule has 0 saturated heterocycles. The van der Waals surface area contributed by atoms with Gasteiger partial charge in [0.1, 0.15) is 6.26 Å². The smallest absolute Gasteiger partial charge is 0.201 e. The third-order valence-corrected chi connectivity index (χ3v) is 1.70. The molecule has 0 aromatic carbocycles. The average Bonchev–Trinajstić information content (AvgIpc) is 2.51. The van der Waals surface area contributed by atoms with Crippen LogP contribution in [0.4, 0.5) is 5.82 Å². The second kappa shape index (κ2) is 5.20. The van der Waals surface area contributed by atoms with Crippen molar-refractivity contribution in [2.75, 3.05) is 4.90 Å². The molecule has 0 aliphatic rings. The zero-order valence-corrected chi connectivity index (χ0v) is 8.97. The van der Waals surface area contributed by atoms with Crippen molar-refractivity contribution in [1.29, 1.82) is 10.8 Å². The number of nitrogens with two attached hydrogens (primary N) is 2. The monoisotopic (exact) mass is 232 g/mol. The Balaban J connectivity index is 0.00000196. The summed E-state index contributed by atoms with van der Waals surface area (Å²) in [4.78, 5) is 1.00. The van der Waals surface area contributed by atoms with Gasteiger partial charge in [-0.3, -0.25) is 10.8 Å². The van der Waals surface area contributed by atoms with Crippen molar-refractivity contribution < 1.29 is 4.52 Å². The average molecular weight is 233 g/mol. The van der Waals surface area contributed by atoms with Crippen molar-refractivity contribution in [1.82, 2.24) is 5.16 Å². The molecule has 0 aliphatic heterocycles. The minimum Gasteiger partial charge on any atom is -0.369 e. The van der Waals surface area contributed by atoms with Crippen LogP contribution >= 0.6 is 12.4 Å². The fourth-order valence-corrected chi connectivity index (χ4v) is 1.04. The highest BCUT2D eigenvalue weighted by atomic mass is 35.5. The Kier molecular flexibility index (Phi) is 4.59. The molecule has 0 fully saturated rings. The van der Waals surface area contributed by atoms with Gasteiger partial charge in [0.05, 0.1) is 0 Å². The first kappa shape index (κ1) is 13.2. The van der Waals surface area contributed by atoms with Crippen molar-refractivity contribution in [3.05, 3.63) is 11.8 Å². The van der Waals surface area contributed by atoms with Gasteiger partial charge in [0, 0.05) is 5.56 Å². The lowest BCUT2D eigenvalue weighted by molar-refractivity contribution is 0.421. The van der Waals surface area contributed by atoms with Gasteiger partial charge >= 0.3 is 0 Å². The molecule has 7 nitrogen and oxygen atoms in total. The Bertz CT molecular complexity index is 348. The molecule has 1 rings (SSSR count). The van der Waals surface area contributed by atoms with E-state index in [4.69, 9.17) is 26.8 Å². The van der Waals surface area contributed by atoms with E-state index >= 15 is 0 Å². The zero-order chi connectivity index (χ0) is 10.7. The van der Waals surface area contributed by atoms with Crippen molar-refractivity contribution in [2.24, 2.45) is 11.5 Å². The van der Waals surface area contributed by atoms with E-state index in [0.29, 0.717) is 12.2 Å². The molecule has 0 amide bonds. The molecule has 0 aliphatic carbocycles. The third kappa shape index (κ3) is 2.59. The molecule has 8 heteroatoms.